The predicted octanol–water partition coefficient (Wildman–Crippen LogP) is 6.06. The number of fused-ring (bicyclic) bond motifs is 1. The molecule has 0 bridgehead atoms. The molecule has 0 aliphatic carbocycles. The molecule has 0 aliphatic heterocycles. The molecule has 3 aromatic carbocycles. The van der Waals surface area contributed by atoms with E-state index in [-0.39, 0.29) is 18.1 Å². The largest absolute Gasteiger partial charge is 0.467 e. The lowest BCUT2D eigenvalue weighted by Gasteiger charge is -2.24. The molecule has 1 N–H and O–H groups in total. The number of hydrogen-bond acceptors (Lipinski definition) is 5. The van der Waals surface area contributed by atoms with Crippen molar-refractivity contribution in [3.8, 4) is 11.4 Å². The normalized spacial score (nSPS) is 10.9. The average Bonchev–Trinajstić information content (AvgIpc) is 3.40. The Balaban J connectivity index is 1.49. The molecule has 0 saturated heterocycles. The molecule has 5 rings (SSSR count). The van der Waals surface area contributed by atoms with E-state index < -0.39 is 0 Å². The summed E-state index contributed by atoms with van der Waals surface area (Å²) >= 11 is 0. The molecule has 2 aromatic heterocycles. The van der Waals surface area contributed by atoms with Crippen LogP contribution in [0.3, 0.4) is 0 Å². The van der Waals surface area contributed by atoms with Crippen LogP contribution in [-0.4, -0.2) is 22.4 Å². The van der Waals surface area contributed by atoms with E-state index in [2.05, 4.69) is 5.32 Å². The topological polar surface area (TPSA) is 71.3 Å². The van der Waals surface area contributed by atoms with Crippen LogP contribution >= 0.6 is 0 Å². The van der Waals surface area contributed by atoms with Gasteiger partial charge in [0.25, 0.3) is 0 Å². The van der Waals surface area contributed by atoms with Crippen LogP contribution in [0.5, 0.6) is 0 Å². The fourth-order valence-electron chi connectivity index (χ4n) is 3.86. The third kappa shape index (κ3) is 5.35. The van der Waals surface area contributed by atoms with Crippen molar-refractivity contribution >= 4 is 28.3 Å². The van der Waals surface area contributed by atoms with Gasteiger partial charge in [-0.25, -0.2) is 14.4 Å². The number of carbonyl (C=O) groups excluding carboxylic acids is 1. The van der Waals surface area contributed by atoms with Crippen LogP contribution < -0.4 is 10.2 Å². The maximum Gasteiger partial charge on any atom is 0.226 e. The molecule has 0 fully saturated rings. The van der Waals surface area contributed by atoms with E-state index in [4.69, 9.17) is 14.4 Å². The van der Waals surface area contributed by atoms with Gasteiger partial charge in [-0.15, -0.1) is 0 Å². The highest BCUT2D eigenvalue weighted by atomic mass is 19.1. The van der Waals surface area contributed by atoms with Crippen molar-refractivity contribution < 1.29 is 13.6 Å². The fourth-order valence-corrected chi connectivity index (χ4v) is 3.86. The molecule has 6 nitrogen and oxygen atoms in total. The lowest BCUT2D eigenvalue weighted by Crippen LogP contribution is -2.28. The van der Waals surface area contributed by atoms with Crippen LogP contribution in [0.4, 0.5) is 15.9 Å². The number of nitrogens with one attached hydrogen (secondary N) is 1. The second-order valence-electron chi connectivity index (χ2n) is 8.06. The number of aromatic nitrogens is 2. The van der Waals surface area contributed by atoms with Crippen LogP contribution in [0.1, 0.15) is 12.2 Å². The lowest BCUT2D eigenvalue weighted by atomic mass is 10.1. The lowest BCUT2D eigenvalue weighted by molar-refractivity contribution is -0.116. The second-order valence-corrected chi connectivity index (χ2v) is 8.06. The number of nitrogens with zero attached hydrogens (tertiary/aromatic N) is 3. The van der Waals surface area contributed by atoms with E-state index >= 15 is 0 Å². The Bertz CT molecular complexity index is 1420. The Labute approximate surface area is 202 Å². The van der Waals surface area contributed by atoms with E-state index in [1.54, 1.807) is 18.4 Å². The van der Waals surface area contributed by atoms with Crippen LogP contribution in [0.2, 0.25) is 0 Å². The first kappa shape index (κ1) is 22.3. The number of benzene rings is 3. The minimum absolute atomic E-state index is 0.0993. The molecule has 35 heavy (non-hydrogen) atoms. The van der Waals surface area contributed by atoms with Crippen LogP contribution in [0.15, 0.2) is 102 Å². The number of para-hydroxylation sites is 2. The highest BCUT2D eigenvalue weighted by Crippen LogP contribution is 2.29. The van der Waals surface area contributed by atoms with Gasteiger partial charge < -0.3 is 14.6 Å². The Morgan fingerprint density at radius 3 is 2.43 bits per heavy atom. The maximum atomic E-state index is 13.5. The minimum Gasteiger partial charge on any atom is -0.467 e. The van der Waals surface area contributed by atoms with Crippen molar-refractivity contribution in [3.63, 3.8) is 0 Å². The van der Waals surface area contributed by atoms with Crippen molar-refractivity contribution in [2.45, 2.75) is 13.0 Å². The van der Waals surface area contributed by atoms with E-state index in [1.807, 2.05) is 71.6 Å². The Kier molecular flexibility index (Phi) is 6.48. The molecular weight excluding hydrogens is 443 g/mol. The maximum absolute atomic E-state index is 13.5. The fraction of sp³-hybridized carbons (Fsp3) is 0.107. The molecule has 0 saturated carbocycles. The van der Waals surface area contributed by atoms with Crippen molar-refractivity contribution in [1.82, 2.24) is 9.97 Å². The summed E-state index contributed by atoms with van der Waals surface area (Å²) in [6.45, 7) is 0.832. The Morgan fingerprint density at radius 1 is 0.886 bits per heavy atom. The van der Waals surface area contributed by atoms with Crippen molar-refractivity contribution in [2.75, 3.05) is 16.8 Å². The molecule has 1 amide bonds. The third-order valence-electron chi connectivity index (χ3n) is 5.58. The number of halogens is 1. The van der Waals surface area contributed by atoms with E-state index in [0.29, 0.717) is 30.3 Å². The van der Waals surface area contributed by atoms with Gasteiger partial charge in [-0.3, -0.25) is 4.79 Å². The van der Waals surface area contributed by atoms with Gasteiger partial charge in [0.05, 0.1) is 18.3 Å². The summed E-state index contributed by atoms with van der Waals surface area (Å²) in [6.07, 6.45) is 1.87. The highest BCUT2D eigenvalue weighted by molar-refractivity contribution is 5.93. The first-order valence-electron chi connectivity index (χ1n) is 11.3. The zero-order valence-electron chi connectivity index (χ0n) is 18.9. The molecule has 0 atom stereocenters. The summed E-state index contributed by atoms with van der Waals surface area (Å²) in [7, 11) is 0. The van der Waals surface area contributed by atoms with Gasteiger partial charge in [0.1, 0.15) is 17.4 Å². The van der Waals surface area contributed by atoms with Gasteiger partial charge in [0.15, 0.2) is 5.82 Å². The number of carbonyl (C=O) groups is 1. The monoisotopic (exact) mass is 466 g/mol. The van der Waals surface area contributed by atoms with Gasteiger partial charge in [-0.2, -0.15) is 0 Å². The van der Waals surface area contributed by atoms with Crippen molar-refractivity contribution in [3.05, 3.63) is 109 Å². The molecule has 0 aliphatic rings. The number of furan rings is 1. The molecule has 174 valence electrons. The van der Waals surface area contributed by atoms with Gasteiger partial charge >= 0.3 is 0 Å². The van der Waals surface area contributed by atoms with Gasteiger partial charge in [-0.1, -0.05) is 30.3 Å². The second kappa shape index (κ2) is 10.2. The number of anilines is 2. The van der Waals surface area contributed by atoms with E-state index in [0.717, 1.165) is 22.4 Å². The van der Waals surface area contributed by atoms with Gasteiger partial charge in [-0.05, 0) is 60.7 Å². The third-order valence-corrected chi connectivity index (χ3v) is 5.58. The summed E-state index contributed by atoms with van der Waals surface area (Å²) in [5.41, 5.74) is 2.22. The zero-order chi connectivity index (χ0) is 24.0. The first-order valence-corrected chi connectivity index (χ1v) is 11.3. The molecule has 0 radical (unpaired) electrons. The molecule has 2 heterocycles. The number of amides is 1. The standard InChI is InChI=1S/C28H23FN4O2/c29-21-14-12-20(13-15-21)27-31-25-11-5-4-10-24(25)28(32-27)33(19-23-9-6-18-35-23)17-16-26(34)30-22-7-2-1-3-8-22/h1-15,18H,16-17,19H2,(H,30,34). The summed E-state index contributed by atoms with van der Waals surface area (Å²) in [6, 6.07) is 26.9. The molecule has 7 heteroatoms. The SMILES string of the molecule is O=C(CCN(Cc1ccco1)c1nc(-c2ccc(F)cc2)nc2ccccc12)Nc1ccccc1. The summed E-state index contributed by atoms with van der Waals surface area (Å²) in [4.78, 5) is 24.3. The van der Waals surface area contributed by atoms with E-state index in [1.165, 1.54) is 12.1 Å². The molecular formula is C28H23FN4O2. The Hall–Kier alpha value is -4.52. The molecule has 0 spiro atoms. The van der Waals surface area contributed by atoms with Gasteiger partial charge in [0.2, 0.25) is 5.91 Å². The van der Waals surface area contributed by atoms with Crippen LogP contribution in [-0.2, 0) is 11.3 Å². The van der Waals surface area contributed by atoms with Crippen molar-refractivity contribution in [2.24, 2.45) is 0 Å². The smallest absolute Gasteiger partial charge is 0.226 e. The Morgan fingerprint density at radius 2 is 1.66 bits per heavy atom. The van der Waals surface area contributed by atoms with Crippen LogP contribution in [0, 0.1) is 5.82 Å². The zero-order valence-corrected chi connectivity index (χ0v) is 18.9. The van der Waals surface area contributed by atoms with Crippen LogP contribution in [0.25, 0.3) is 22.3 Å². The van der Waals surface area contributed by atoms with Crippen molar-refractivity contribution in [1.29, 1.82) is 0 Å². The number of rotatable bonds is 8. The van der Waals surface area contributed by atoms with Gasteiger partial charge in [0, 0.05) is 29.6 Å². The highest BCUT2D eigenvalue weighted by Gasteiger charge is 2.18. The minimum atomic E-state index is -0.321. The average molecular weight is 467 g/mol. The predicted molar refractivity (Wildman–Crippen MR) is 134 cm³/mol. The summed E-state index contributed by atoms with van der Waals surface area (Å²) in [5.74, 6) is 1.49. The molecule has 0 unspecified atom stereocenters. The molecule has 5 aromatic rings. The summed E-state index contributed by atoms with van der Waals surface area (Å²) < 4.78 is 19.1. The summed E-state index contributed by atoms with van der Waals surface area (Å²) in [5, 5.41) is 3.78. The van der Waals surface area contributed by atoms with E-state index in [9.17, 15) is 9.18 Å². The first-order chi connectivity index (χ1) is 17.2. The quantitative estimate of drug-likeness (QED) is 0.301. The number of hydrogen-bond donors (Lipinski definition) is 1.